The van der Waals surface area contributed by atoms with Gasteiger partial charge in [-0.15, -0.1) is 0 Å². The van der Waals surface area contributed by atoms with Gasteiger partial charge in [0.15, 0.2) is 0 Å². The molecule has 1 N–H and O–H groups in total. The highest BCUT2D eigenvalue weighted by Crippen LogP contribution is 2.27. The van der Waals surface area contributed by atoms with Gasteiger partial charge in [-0.05, 0) is 11.1 Å². The molecule has 1 aromatic carbocycles. The molecule has 0 aromatic heterocycles. The van der Waals surface area contributed by atoms with E-state index in [1.807, 2.05) is 24.3 Å². The number of allylic oxidation sites excluding steroid dienone is 1. The fourth-order valence-corrected chi connectivity index (χ4v) is 1.67. The van der Waals surface area contributed by atoms with Gasteiger partial charge in [0.05, 0.1) is 12.1 Å². The standard InChI is InChI=1S/C12H11NO2/c14-7-2-1-4-9-5-3-6-10-8-11(15)13-12(9)10/h1,3-7H,2,8H2,(H,13,15). The molecule has 1 aliphatic heterocycles. The number of carbonyl (C=O) groups excluding carboxylic acids is 2. The molecule has 0 saturated carbocycles. The van der Waals surface area contributed by atoms with Crippen molar-refractivity contribution in [1.82, 2.24) is 0 Å². The van der Waals surface area contributed by atoms with Crippen molar-refractivity contribution in [3.8, 4) is 0 Å². The van der Waals surface area contributed by atoms with Crippen LogP contribution in [0.25, 0.3) is 6.08 Å². The van der Waals surface area contributed by atoms with Crippen LogP contribution in [0.15, 0.2) is 24.3 Å². The Balaban J connectivity index is 2.30. The van der Waals surface area contributed by atoms with Crippen molar-refractivity contribution in [3.05, 3.63) is 35.4 Å². The summed E-state index contributed by atoms with van der Waals surface area (Å²) in [5.74, 6) is 0.0289. The maximum atomic E-state index is 11.2. The molecule has 1 heterocycles. The normalized spacial score (nSPS) is 14.0. The average Bonchev–Trinajstić information content (AvgIpc) is 2.59. The summed E-state index contributed by atoms with van der Waals surface area (Å²) in [5, 5.41) is 2.81. The second-order valence-corrected chi connectivity index (χ2v) is 3.41. The van der Waals surface area contributed by atoms with E-state index < -0.39 is 0 Å². The lowest BCUT2D eigenvalue weighted by Crippen LogP contribution is -2.04. The molecule has 0 radical (unpaired) electrons. The third-order valence-electron chi connectivity index (χ3n) is 2.33. The second-order valence-electron chi connectivity index (χ2n) is 3.41. The van der Waals surface area contributed by atoms with Gasteiger partial charge in [-0.1, -0.05) is 30.4 Å². The Kier molecular flexibility index (Phi) is 2.63. The molecule has 0 atom stereocenters. The van der Waals surface area contributed by atoms with Crippen LogP contribution in [0.4, 0.5) is 5.69 Å². The molecule has 0 saturated heterocycles. The maximum absolute atomic E-state index is 11.2. The van der Waals surface area contributed by atoms with E-state index in [2.05, 4.69) is 5.32 Å². The van der Waals surface area contributed by atoms with Crippen molar-refractivity contribution in [2.45, 2.75) is 12.8 Å². The van der Waals surface area contributed by atoms with E-state index in [4.69, 9.17) is 0 Å². The Bertz CT molecular complexity index is 435. The molecule has 0 bridgehead atoms. The van der Waals surface area contributed by atoms with E-state index >= 15 is 0 Å². The van der Waals surface area contributed by atoms with E-state index in [1.54, 1.807) is 6.08 Å². The van der Waals surface area contributed by atoms with Crippen molar-refractivity contribution in [3.63, 3.8) is 0 Å². The molecule has 15 heavy (non-hydrogen) atoms. The number of amides is 1. The SMILES string of the molecule is O=CCC=Cc1cccc2c1NC(=O)C2. The lowest BCUT2D eigenvalue weighted by atomic mass is 10.1. The lowest BCUT2D eigenvalue weighted by Gasteiger charge is -2.02. The molecule has 0 aliphatic carbocycles. The van der Waals surface area contributed by atoms with E-state index in [0.29, 0.717) is 12.8 Å². The Hall–Kier alpha value is -1.90. The van der Waals surface area contributed by atoms with Crippen molar-refractivity contribution < 1.29 is 9.59 Å². The molecule has 76 valence electrons. The smallest absolute Gasteiger partial charge is 0.228 e. The van der Waals surface area contributed by atoms with Crippen molar-refractivity contribution in [1.29, 1.82) is 0 Å². The van der Waals surface area contributed by atoms with Gasteiger partial charge < -0.3 is 10.1 Å². The first kappa shape index (κ1) is 9.65. The third-order valence-corrected chi connectivity index (χ3v) is 2.33. The quantitative estimate of drug-likeness (QED) is 0.758. The van der Waals surface area contributed by atoms with Gasteiger partial charge in [0, 0.05) is 6.42 Å². The summed E-state index contributed by atoms with van der Waals surface area (Å²) in [6.07, 6.45) is 5.34. The highest BCUT2D eigenvalue weighted by atomic mass is 16.1. The Morgan fingerprint density at radius 2 is 2.27 bits per heavy atom. The summed E-state index contributed by atoms with van der Waals surface area (Å²) in [7, 11) is 0. The van der Waals surface area contributed by atoms with Crippen molar-refractivity contribution in [2.75, 3.05) is 5.32 Å². The Labute approximate surface area is 87.8 Å². The van der Waals surface area contributed by atoms with Crippen molar-refractivity contribution >= 4 is 24.0 Å². The van der Waals surface area contributed by atoms with Crippen LogP contribution in [0, 0.1) is 0 Å². The zero-order valence-corrected chi connectivity index (χ0v) is 8.19. The number of hydrogen-bond donors (Lipinski definition) is 1. The number of anilines is 1. The predicted molar refractivity (Wildman–Crippen MR) is 58.5 cm³/mol. The molecule has 2 rings (SSSR count). The number of nitrogens with one attached hydrogen (secondary N) is 1. The molecule has 1 amide bonds. The highest BCUT2D eigenvalue weighted by molar-refractivity contribution is 6.01. The topological polar surface area (TPSA) is 46.2 Å². The summed E-state index contributed by atoms with van der Waals surface area (Å²) in [6, 6.07) is 5.77. The van der Waals surface area contributed by atoms with Crippen LogP contribution >= 0.6 is 0 Å². The first-order chi connectivity index (χ1) is 7.31. The van der Waals surface area contributed by atoms with Gasteiger partial charge in [0.2, 0.25) is 5.91 Å². The Morgan fingerprint density at radius 1 is 1.40 bits per heavy atom. The molecule has 1 aliphatic rings. The average molecular weight is 201 g/mol. The molecule has 0 unspecified atom stereocenters. The number of fused-ring (bicyclic) bond motifs is 1. The van der Waals surface area contributed by atoms with E-state index in [0.717, 1.165) is 23.1 Å². The third kappa shape index (κ3) is 1.96. The van der Waals surface area contributed by atoms with Gasteiger partial charge in [-0.2, -0.15) is 0 Å². The number of rotatable bonds is 3. The first-order valence-corrected chi connectivity index (χ1v) is 4.83. The summed E-state index contributed by atoms with van der Waals surface area (Å²) in [4.78, 5) is 21.4. The number of para-hydroxylation sites is 1. The van der Waals surface area contributed by atoms with Gasteiger partial charge in [0.1, 0.15) is 6.29 Å². The lowest BCUT2D eigenvalue weighted by molar-refractivity contribution is -0.115. The van der Waals surface area contributed by atoms with Crippen LogP contribution in [0.1, 0.15) is 17.5 Å². The second kappa shape index (κ2) is 4.09. The fraction of sp³-hybridized carbons (Fsp3) is 0.167. The predicted octanol–water partition coefficient (Wildman–Crippen LogP) is 1.78. The van der Waals surface area contributed by atoms with Crippen molar-refractivity contribution in [2.24, 2.45) is 0 Å². The van der Waals surface area contributed by atoms with Crippen LogP contribution in [-0.2, 0) is 16.0 Å². The molecule has 0 fully saturated rings. The van der Waals surface area contributed by atoms with Crippen LogP contribution in [0.3, 0.4) is 0 Å². The summed E-state index contributed by atoms with van der Waals surface area (Å²) < 4.78 is 0. The first-order valence-electron chi connectivity index (χ1n) is 4.83. The van der Waals surface area contributed by atoms with Gasteiger partial charge >= 0.3 is 0 Å². The number of benzene rings is 1. The largest absolute Gasteiger partial charge is 0.325 e. The van der Waals surface area contributed by atoms with E-state index in [9.17, 15) is 9.59 Å². The minimum Gasteiger partial charge on any atom is -0.325 e. The number of carbonyl (C=O) groups is 2. The summed E-state index contributed by atoms with van der Waals surface area (Å²) >= 11 is 0. The van der Waals surface area contributed by atoms with Gasteiger partial charge in [0.25, 0.3) is 0 Å². The van der Waals surface area contributed by atoms with Crippen LogP contribution < -0.4 is 5.32 Å². The number of hydrogen-bond acceptors (Lipinski definition) is 2. The molecule has 3 heteroatoms. The molecule has 0 spiro atoms. The molecule has 3 nitrogen and oxygen atoms in total. The fourth-order valence-electron chi connectivity index (χ4n) is 1.67. The molecular formula is C12H11NO2. The highest BCUT2D eigenvalue weighted by Gasteiger charge is 2.18. The Morgan fingerprint density at radius 3 is 3.07 bits per heavy atom. The van der Waals surface area contributed by atoms with Crippen LogP contribution in [0.5, 0.6) is 0 Å². The summed E-state index contributed by atoms with van der Waals surface area (Å²) in [5.41, 5.74) is 2.86. The number of aldehydes is 1. The van der Waals surface area contributed by atoms with Gasteiger partial charge in [-0.3, -0.25) is 4.79 Å². The molecule has 1 aromatic rings. The van der Waals surface area contributed by atoms with Crippen LogP contribution in [0.2, 0.25) is 0 Å². The maximum Gasteiger partial charge on any atom is 0.228 e. The summed E-state index contributed by atoms with van der Waals surface area (Å²) in [6.45, 7) is 0. The van der Waals surface area contributed by atoms with Crippen LogP contribution in [-0.4, -0.2) is 12.2 Å². The zero-order chi connectivity index (χ0) is 10.7. The zero-order valence-electron chi connectivity index (χ0n) is 8.19. The van der Waals surface area contributed by atoms with E-state index in [1.165, 1.54) is 0 Å². The molecular weight excluding hydrogens is 190 g/mol. The monoisotopic (exact) mass is 201 g/mol. The minimum absolute atomic E-state index is 0.0289. The van der Waals surface area contributed by atoms with E-state index in [-0.39, 0.29) is 5.91 Å². The van der Waals surface area contributed by atoms with Gasteiger partial charge in [-0.25, -0.2) is 0 Å². The minimum atomic E-state index is 0.0289.